The number of carbonyl (C=O) groups is 2. The maximum absolute atomic E-state index is 11.6. The van der Waals surface area contributed by atoms with Crippen molar-refractivity contribution >= 4 is 11.9 Å². The average molecular weight is 380 g/mol. The molecule has 2 N–H and O–H groups in total. The van der Waals surface area contributed by atoms with Gasteiger partial charge in [-0.05, 0) is 19.3 Å². The number of terminal acetylenes is 1. The second-order valence-electron chi connectivity index (χ2n) is 7.50. The van der Waals surface area contributed by atoms with E-state index in [0.717, 1.165) is 38.5 Å². The molecule has 0 bridgehead atoms. The first-order chi connectivity index (χ1) is 13.2. The summed E-state index contributed by atoms with van der Waals surface area (Å²) in [4.78, 5) is 22.0. The maximum Gasteiger partial charge on any atom is 0.303 e. The van der Waals surface area contributed by atoms with Gasteiger partial charge in [-0.2, -0.15) is 0 Å². The van der Waals surface area contributed by atoms with Crippen LogP contribution in [0.15, 0.2) is 0 Å². The molecule has 0 saturated heterocycles. The Kier molecular flexibility index (Phi) is 19.7. The Morgan fingerprint density at radius 2 is 1.07 bits per heavy atom. The third-order valence-corrected chi connectivity index (χ3v) is 4.86. The van der Waals surface area contributed by atoms with Gasteiger partial charge in [0.25, 0.3) is 0 Å². The molecule has 156 valence electrons. The van der Waals surface area contributed by atoms with E-state index in [9.17, 15) is 9.59 Å². The van der Waals surface area contributed by atoms with Crippen molar-refractivity contribution in [3.63, 3.8) is 0 Å². The molecule has 27 heavy (non-hydrogen) atoms. The number of carbonyl (C=O) groups excluding carboxylic acids is 1. The Hall–Kier alpha value is -1.50. The number of nitrogens with one attached hydrogen (secondary N) is 1. The molecule has 0 aliphatic rings. The highest BCUT2D eigenvalue weighted by atomic mass is 16.4. The predicted molar refractivity (Wildman–Crippen MR) is 113 cm³/mol. The smallest absolute Gasteiger partial charge is 0.303 e. The molecular weight excluding hydrogens is 338 g/mol. The Morgan fingerprint density at radius 1 is 0.667 bits per heavy atom. The van der Waals surface area contributed by atoms with Crippen molar-refractivity contribution in [1.82, 2.24) is 5.32 Å². The topological polar surface area (TPSA) is 66.4 Å². The first kappa shape index (κ1) is 25.5. The van der Waals surface area contributed by atoms with Gasteiger partial charge in [-0.3, -0.25) is 9.59 Å². The van der Waals surface area contributed by atoms with Gasteiger partial charge in [0.1, 0.15) is 0 Å². The lowest BCUT2D eigenvalue weighted by atomic mass is 10.0. The molecule has 4 heteroatoms. The third-order valence-electron chi connectivity index (χ3n) is 4.86. The number of hydrogen-bond acceptors (Lipinski definition) is 2. The SMILES string of the molecule is C#CCCCNC(=O)CCCCCCCCCCCCCCCCC(=O)O. The number of carboxylic acids is 1. The van der Waals surface area contributed by atoms with Gasteiger partial charge in [-0.25, -0.2) is 0 Å². The molecule has 0 aromatic carbocycles. The number of hydrogen-bond donors (Lipinski definition) is 2. The van der Waals surface area contributed by atoms with Crippen LogP contribution in [0, 0.1) is 12.3 Å². The fraction of sp³-hybridized carbons (Fsp3) is 0.826. The van der Waals surface area contributed by atoms with Crippen molar-refractivity contribution in [2.45, 2.75) is 116 Å². The van der Waals surface area contributed by atoms with Crippen molar-refractivity contribution in [2.75, 3.05) is 6.54 Å². The van der Waals surface area contributed by atoms with Crippen LogP contribution in [0.3, 0.4) is 0 Å². The van der Waals surface area contributed by atoms with Crippen LogP contribution in [0.1, 0.15) is 116 Å². The fourth-order valence-electron chi connectivity index (χ4n) is 3.19. The van der Waals surface area contributed by atoms with E-state index in [1.807, 2.05) is 0 Å². The highest BCUT2D eigenvalue weighted by Gasteiger charge is 2.00. The normalized spacial score (nSPS) is 10.5. The summed E-state index contributed by atoms with van der Waals surface area (Å²) in [5, 5.41) is 11.5. The predicted octanol–water partition coefficient (Wildman–Crippen LogP) is 5.84. The Labute approximate surface area is 166 Å². The van der Waals surface area contributed by atoms with Gasteiger partial charge in [0.2, 0.25) is 5.91 Å². The van der Waals surface area contributed by atoms with Crippen molar-refractivity contribution in [1.29, 1.82) is 0 Å². The van der Waals surface area contributed by atoms with Crippen LogP contribution in [0.5, 0.6) is 0 Å². The highest BCUT2D eigenvalue weighted by Crippen LogP contribution is 2.13. The van der Waals surface area contributed by atoms with Crippen molar-refractivity contribution in [2.24, 2.45) is 0 Å². The number of unbranched alkanes of at least 4 members (excludes halogenated alkanes) is 14. The lowest BCUT2D eigenvalue weighted by Gasteiger charge is -2.05. The molecule has 0 fully saturated rings. The van der Waals surface area contributed by atoms with Crippen LogP contribution in [-0.2, 0) is 9.59 Å². The van der Waals surface area contributed by atoms with E-state index in [1.165, 1.54) is 64.2 Å². The molecule has 0 aromatic rings. The van der Waals surface area contributed by atoms with Gasteiger partial charge < -0.3 is 10.4 Å². The molecule has 1 amide bonds. The number of amides is 1. The monoisotopic (exact) mass is 379 g/mol. The molecule has 0 heterocycles. The summed E-state index contributed by atoms with van der Waals surface area (Å²) in [7, 11) is 0. The zero-order valence-corrected chi connectivity index (χ0v) is 17.3. The van der Waals surface area contributed by atoms with Crippen molar-refractivity contribution in [3.05, 3.63) is 0 Å². The number of rotatable bonds is 20. The van der Waals surface area contributed by atoms with Crippen LogP contribution in [0.4, 0.5) is 0 Å². The number of carboxylic acid groups (broad SMARTS) is 1. The summed E-state index contributed by atoms with van der Waals surface area (Å²) in [6.07, 6.45) is 24.6. The average Bonchev–Trinajstić information content (AvgIpc) is 2.64. The van der Waals surface area contributed by atoms with E-state index in [0.29, 0.717) is 19.4 Å². The summed E-state index contributed by atoms with van der Waals surface area (Å²) in [5.41, 5.74) is 0. The molecule has 0 atom stereocenters. The summed E-state index contributed by atoms with van der Waals surface area (Å²) < 4.78 is 0. The van der Waals surface area contributed by atoms with E-state index in [-0.39, 0.29) is 5.91 Å². The van der Waals surface area contributed by atoms with Gasteiger partial charge in [0.05, 0.1) is 0 Å². The van der Waals surface area contributed by atoms with E-state index < -0.39 is 5.97 Å². The van der Waals surface area contributed by atoms with Gasteiger partial charge in [0, 0.05) is 25.8 Å². The molecule has 4 nitrogen and oxygen atoms in total. The summed E-state index contributed by atoms with van der Waals surface area (Å²) >= 11 is 0. The second-order valence-corrected chi connectivity index (χ2v) is 7.50. The van der Waals surface area contributed by atoms with Gasteiger partial charge in [-0.1, -0.05) is 77.0 Å². The van der Waals surface area contributed by atoms with Crippen molar-refractivity contribution in [3.8, 4) is 12.3 Å². The summed E-state index contributed by atoms with van der Waals surface area (Å²) in [6, 6.07) is 0. The molecule has 0 unspecified atom stereocenters. The Bertz CT molecular complexity index is 401. The number of aliphatic carboxylic acids is 1. The largest absolute Gasteiger partial charge is 0.481 e. The standard InChI is InChI=1S/C23H41NO3/c1-2-3-18-21-24-22(25)19-16-14-12-10-8-6-4-5-7-9-11-13-15-17-20-23(26)27/h1H,3-21H2,(H,24,25)(H,26,27). The molecule has 0 spiro atoms. The zero-order chi connectivity index (χ0) is 20.0. The van der Waals surface area contributed by atoms with E-state index in [4.69, 9.17) is 11.5 Å². The molecule has 0 aliphatic heterocycles. The van der Waals surface area contributed by atoms with Gasteiger partial charge in [-0.15, -0.1) is 12.3 Å². The molecule has 0 rings (SSSR count). The van der Waals surface area contributed by atoms with E-state index in [2.05, 4.69) is 11.2 Å². The van der Waals surface area contributed by atoms with Crippen LogP contribution in [0.25, 0.3) is 0 Å². The lowest BCUT2D eigenvalue weighted by molar-refractivity contribution is -0.137. The molecule has 0 aromatic heterocycles. The maximum atomic E-state index is 11.6. The van der Waals surface area contributed by atoms with Crippen LogP contribution in [0.2, 0.25) is 0 Å². The minimum Gasteiger partial charge on any atom is -0.481 e. The van der Waals surface area contributed by atoms with Gasteiger partial charge in [0.15, 0.2) is 0 Å². The Balaban J connectivity index is 3.11. The minimum atomic E-state index is -0.674. The molecular formula is C23H41NO3. The summed E-state index contributed by atoms with van der Waals surface area (Å²) in [5.74, 6) is 2.06. The first-order valence-electron chi connectivity index (χ1n) is 11.1. The first-order valence-corrected chi connectivity index (χ1v) is 11.1. The molecule has 0 radical (unpaired) electrons. The van der Waals surface area contributed by atoms with Crippen LogP contribution >= 0.6 is 0 Å². The second kappa shape index (κ2) is 20.8. The third kappa shape index (κ3) is 22.5. The van der Waals surface area contributed by atoms with E-state index in [1.54, 1.807) is 0 Å². The summed E-state index contributed by atoms with van der Waals surface area (Å²) in [6.45, 7) is 0.702. The van der Waals surface area contributed by atoms with Gasteiger partial charge >= 0.3 is 5.97 Å². The van der Waals surface area contributed by atoms with E-state index >= 15 is 0 Å². The van der Waals surface area contributed by atoms with Crippen LogP contribution in [-0.4, -0.2) is 23.5 Å². The van der Waals surface area contributed by atoms with Crippen LogP contribution < -0.4 is 5.32 Å². The quantitative estimate of drug-likeness (QED) is 0.206. The highest BCUT2D eigenvalue weighted by molar-refractivity contribution is 5.75. The minimum absolute atomic E-state index is 0.161. The zero-order valence-electron chi connectivity index (χ0n) is 17.3. The fourth-order valence-corrected chi connectivity index (χ4v) is 3.19. The lowest BCUT2D eigenvalue weighted by Crippen LogP contribution is -2.23. The molecule has 0 saturated carbocycles. The van der Waals surface area contributed by atoms with Crippen molar-refractivity contribution < 1.29 is 14.7 Å². The Morgan fingerprint density at radius 3 is 1.48 bits per heavy atom. The molecule has 0 aliphatic carbocycles.